The third-order valence-corrected chi connectivity index (χ3v) is 3.09. The van der Waals surface area contributed by atoms with Crippen LogP contribution in [-0.4, -0.2) is 0 Å². The molecule has 3 N–H and O–H groups in total. The van der Waals surface area contributed by atoms with E-state index in [1.807, 2.05) is 24.3 Å². The highest BCUT2D eigenvalue weighted by molar-refractivity contribution is 9.10. The molecule has 2 nitrogen and oxygen atoms in total. The second-order valence-corrected chi connectivity index (χ2v) is 4.63. The summed E-state index contributed by atoms with van der Waals surface area (Å²) >= 11 is 9.38. The van der Waals surface area contributed by atoms with Crippen LogP contribution in [0.2, 0.25) is 5.02 Å². The number of anilines is 3. The van der Waals surface area contributed by atoms with E-state index >= 15 is 0 Å². The largest absolute Gasteiger partial charge is 0.397 e. The van der Waals surface area contributed by atoms with Crippen molar-refractivity contribution in [2.45, 2.75) is 0 Å². The van der Waals surface area contributed by atoms with Crippen LogP contribution < -0.4 is 11.1 Å². The number of benzene rings is 2. The predicted octanol–water partition coefficient (Wildman–Crippen LogP) is 4.43. The van der Waals surface area contributed by atoms with Crippen LogP contribution in [0.4, 0.5) is 17.1 Å². The zero-order chi connectivity index (χ0) is 11.5. The molecule has 0 bridgehead atoms. The Hall–Kier alpha value is -1.19. The van der Waals surface area contributed by atoms with Crippen LogP contribution in [0.25, 0.3) is 0 Å². The van der Waals surface area contributed by atoms with Gasteiger partial charge >= 0.3 is 0 Å². The fourth-order valence-electron chi connectivity index (χ4n) is 1.34. The van der Waals surface area contributed by atoms with Gasteiger partial charge < -0.3 is 11.1 Å². The second-order valence-electron chi connectivity index (χ2n) is 3.34. The molecule has 0 atom stereocenters. The van der Waals surface area contributed by atoms with Crippen molar-refractivity contribution in [3.8, 4) is 0 Å². The number of rotatable bonds is 2. The van der Waals surface area contributed by atoms with Gasteiger partial charge in [-0.15, -0.1) is 0 Å². The summed E-state index contributed by atoms with van der Waals surface area (Å²) in [5, 5.41) is 3.88. The average Bonchev–Trinajstić information content (AvgIpc) is 2.27. The zero-order valence-electron chi connectivity index (χ0n) is 8.37. The first-order valence-electron chi connectivity index (χ1n) is 4.73. The van der Waals surface area contributed by atoms with Crippen LogP contribution in [0.15, 0.2) is 46.9 Å². The monoisotopic (exact) mass is 296 g/mol. The van der Waals surface area contributed by atoms with Crippen LogP contribution in [0.5, 0.6) is 0 Å². The summed E-state index contributed by atoms with van der Waals surface area (Å²) in [5.41, 5.74) is 8.28. The summed E-state index contributed by atoms with van der Waals surface area (Å²) in [4.78, 5) is 0. The summed E-state index contributed by atoms with van der Waals surface area (Å²) in [6.07, 6.45) is 0. The lowest BCUT2D eigenvalue weighted by Crippen LogP contribution is -1.96. The molecule has 0 aliphatic rings. The maximum absolute atomic E-state index is 5.92. The molecular formula is C12H10BrClN2. The molecule has 0 unspecified atom stereocenters. The molecular weight excluding hydrogens is 288 g/mol. The second kappa shape index (κ2) is 4.76. The third kappa shape index (κ3) is 2.49. The molecule has 0 amide bonds. The van der Waals surface area contributed by atoms with Crippen LogP contribution in [0, 0.1) is 0 Å². The summed E-state index contributed by atoms with van der Waals surface area (Å²) in [6, 6.07) is 13.2. The first-order valence-corrected chi connectivity index (χ1v) is 5.90. The average molecular weight is 298 g/mol. The van der Waals surface area contributed by atoms with E-state index in [2.05, 4.69) is 21.2 Å². The van der Waals surface area contributed by atoms with Crippen molar-refractivity contribution in [3.05, 3.63) is 52.0 Å². The first-order chi connectivity index (χ1) is 7.66. The van der Waals surface area contributed by atoms with Crippen molar-refractivity contribution in [2.75, 3.05) is 11.1 Å². The Bertz CT molecular complexity index is 514. The number of para-hydroxylation sites is 1. The van der Waals surface area contributed by atoms with E-state index in [0.29, 0.717) is 10.7 Å². The lowest BCUT2D eigenvalue weighted by atomic mass is 10.2. The van der Waals surface area contributed by atoms with Gasteiger partial charge in [0, 0.05) is 9.50 Å². The number of halogens is 2. The van der Waals surface area contributed by atoms with Crippen LogP contribution in [0.1, 0.15) is 0 Å². The summed E-state index contributed by atoms with van der Waals surface area (Å²) in [6.45, 7) is 0. The van der Waals surface area contributed by atoms with Crippen LogP contribution in [0.3, 0.4) is 0 Å². The van der Waals surface area contributed by atoms with Gasteiger partial charge in [-0.05, 0) is 46.3 Å². The van der Waals surface area contributed by atoms with Gasteiger partial charge in [0.1, 0.15) is 0 Å². The molecule has 0 saturated heterocycles. The molecule has 0 saturated carbocycles. The number of nitrogen functional groups attached to an aromatic ring is 1. The normalized spacial score (nSPS) is 10.1. The minimum Gasteiger partial charge on any atom is -0.397 e. The maximum atomic E-state index is 5.92. The Morgan fingerprint density at radius 2 is 1.81 bits per heavy atom. The summed E-state index contributed by atoms with van der Waals surface area (Å²) in [7, 11) is 0. The molecule has 2 rings (SSSR count). The molecule has 0 spiro atoms. The van der Waals surface area contributed by atoms with Gasteiger partial charge in [0.15, 0.2) is 0 Å². The highest BCUT2D eigenvalue weighted by Gasteiger charge is 2.03. The summed E-state index contributed by atoms with van der Waals surface area (Å²) < 4.78 is 0.981. The van der Waals surface area contributed by atoms with E-state index in [0.717, 1.165) is 15.8 Å². The molecule has 2 aromatic rings. The van der Waals surface area contributed by atoms with Crippen molar-refractivity contribution < 1.29 is 0 Å². The summed E-state index contributed by atoms with van der Waals surface area (Å²) in [5.74, 6) is 0. The van der Waals surface area contributed by atoms with Gasteiger partial charge in [0.25, 0.3) is 0 Å². The molecule has 0 aromatic heterocycles. The predicted molar refractivity (Wildman–Crippen MR) is 73.3 cm³/mol. The molecule has 0 aliphatic carbocycles. The van der Waals surface area contributed by atoms with Gasteiger partial charge in [-0.1, -0.05) is 23.7 Å². The molecule has 0 heterocycles. The van der Waals surface area contributed by atoms with E-state index in [4.69, 9.17) is 17.3 Å². The van der Waals surface area contributed by atoms with Crippen molar-refractivity contribution >= 4 is 44.6 Å². The number of nitrogens with one attached hydrogen (secondary N) is 1. The highest BCUT2D eigenvalue weighted by Crippen LogP contribution is 2.30. The Labute approximate surface area is 108 Å². The van der Waals surface area contributed by atoms with Crippen LogP contribution in [-0.2, 0) is 0 Å². The van der Waals surface area contributed by atoms with E-state index in [1.54, 1.807) is 18.2 Å². The molecule has 82 valence electrons. The molecule has 4 heteroatoms. The maximum Gasteiger partial charge on any atom is 0.0633 e. The smallest absolute Gasteiger partial charge is 0.0633 e. The number of hydrogen-bond acceptors (Lipinski definition) is 2. The number of nitrogens with two attached hydrogens (primary N) is 1. The van der Waals surface area contributed by atoms with Gasteiger partial charge in [0.05, 0.1) is 17.1 Å². The van der Waals surface area contributed by atoms with Gasteiger partial charge in [-0.2, -0.15) is 0 Å². The minimum atomic E-state index is 0.656. The molecule has 0 fully saturated rings. The molecule has 0 radical (unpaired) electrons. The molecule has 0 aliphatic heterocycles. The zero-order valence-corrected chi connectivity index (χ0v) is 10.7. The Balaban J connectivity index is 2.34. The third-order valence-electron chi connectivity index (χ3n) is 2.16. The SMILES string of the molecule is Nc1ccc(Cl)cc1Nc1ccccc1Br. The van der Waals surface area contributed by atoms with Crippen molar-refractivity contribution in [2.24, 2.45) is 0 Å². The minimum absolute atomic E-state index is 0.656. The Morgan fingerprint density at radius 1 is 1.06 bits per heavy atom. The van der Waals surface area contributed by atoms with Crippen LogP contribution >= 0.6 is 27.5 Å². The van der Waals surface area contributed by atoms with Crippen molar-refractivity contribution in [1.29, 1.82) is 0 Å². The van der Waals surface area contributed by atoms with Crippen molar-refractivity contribution in [1.82, 2.24) is 0 Å². The van der Waals surface area contributed by atoms with Gasteiger partial charge in [-0.3, -0.25) is 0 Å². The Kier molecular flexibility index (Phi) is 3.36. The fourth-order valence-corrected chi connectivity index (χ4v) is 1.90. The van der Waals surface area contributed by atoms with Gasteiger partial charge in [-0.25, -0.2) is 0 Å². The topological polar surface area (TPSA) is 38.0 Å². The fraction of sp³-hybridized carbons (Fsp3) is 0. The standard InChI is InChI=1S/C12H10BrClN2/c13-9-3-1-2-4-11(9)16-12-7-8(14)5-6-10(12)15/h1-7,16H,15H2. The van der Waals surface area contributed by atoms with E-state index < -0.39 is 0 Å². The lowest BCUT2D eigenvalue weighted by Gasteiger charge is -2.11. The Morgan fingerprint density at radius 3 is 2.56 bits per heavy atom. The van der Waals surface area contributed by atoms with Gasteiger partial charge in [0.2, 0.25) is 0 Å². The highest BCUT2D eigenvalue weighted by atomic mass is 79.9. The van der Waals surface area contributed by atoms with E-state index in [9.17, 15) is 0 Å². The molecule has 16 heavy (non-hydrogen) atoms. The molecule has 2 aromatic carbocycles. The van der Waals surface area contributed by atoms with E-state index in [1.165, 1.54) is 0 Å². The number of hydrogen-bond donors (Lipinski definition) is 2. The van der Waals surface area contributed by atoms with E-state index in [-0.39, 0.29) is 0 Å². The quantitative estimate of drug-likeness (QED) is 0.805. The first kappa shape index (κ1) is 11.3. The van der Waals surface area contributed by atoms with Crippen molar-refractivity contribution in [3.63, 3.8) is 0 Å². The lowest BCUT2D eigenvalue weighted by molar-refractivity contribution is 1.52.